The summed E-state index contributed by atoms with van der Waals surface area (Å²) in [4.78, 5) is 66.8. The standard InChI is InChI=1S/C16H20N9O13P3/c17-14-13-15(21-6-20-14)25(7-22-13)11-3-9(36-16(26)12-8(1-2-19-12)4-23-24-18)10(35-11)5-34-40(30,31)38-41(32,33)37-39(27,28)29/h1-2,6-7,9-11,19H,3-5H2,(H,30,31)(H,32,33)(H2,17,20,21)(H2,27,28,29)/t9?,10-,11-/m1/s1. The van der Waals surface area contributed by atoms with Gasteiger partial charge in [-0.25, -0.2) is 33.4 Å². The minimum atomic E-state index is -5.77. The van der Waals surface area contributed by atoms with Gasteiger partial charge in [-0.1, -0.05) is 5.11 Å². The number of phosphoric acid groups is 3. The summed E-state index contributed by atoms with van der Waals surface area (Å²) in [5.41, 5.74) is 15.1. The molecule has 0 radical (unpaired) electrons. The van der Waals surface area contributed by atoms with Crippen molar-refractivity contribution in [3.8, 4) is 0 Å². The van der Waals surface area contributed by atoms with Gasteiger partial charge in [0.15, 0.2) is 11.5 Å². The number of nitrogens with zero attached hydrogens (tertiary/aromatic N) is 7. The molecule has 1 aliphatic rings. The number of anilines is 1. The van der Waals surface area contributed by atoms with E-state index < -0.39 is 54.5 Å². The van der Waals surface area contributed by atoms with Gasteiger partial charge in [-0.2, -0.15) is 8.62 Å². The lowest BCUT2D eigenvalue weighted by molar-refractivity contribution is -0.0491. The van der Waals surface area contributed by atoms with Crippen molar-refractivity contribution in [1.29, 1.82) is 0 Å². The molecular weight excluding hydrogens is 619 g/mol. The van der Waals surface area contributed by atoms with Crippen LogP contribution in [0.1, 0.15) is 28.7 Å². The second kappa shape index (κ2) is 11.9. The number of esters is 1. The molecule has 0 aliphatic carbocycles. The molecule has 1 fully saturated rings. The third-order valence-corrected chi connectivity index (χ3v) is 9.10. The fourth-order valence-electron chi connectivity index (χ4n) is 3.72. The van der Waals surface area contributed by atoms with Crippen molar-refractivity contribution in [1.82, 2.24) is 24.5 Å². The molecule has 3 aromatic rings. The first kappa shape index (κ1) is 30.7. The third-order valence-electron chi connectivity index (χ3n) is 5.30. The Morgan fingerprint density at radius 1 is 1.22 bits per heavy atom. The average molecular weight is 639 g/mol. The van der Waals surface area contributed by atoms with E-state index in [4.69, 9.17) is 30.5 Å². The number of nitrogens with two attached hydrogens (primary N) is 1. The fraction of sp³-hybridized carbons (Fsp3) is 0.375. The molecular formula is C16H20N9O13P3. The summed E-state index contributed by atoms with van der Waals surface area (Å²) < 4.78 is 59.6. The number of aromatic amines is 1. The van der Waals surface area contributed by atoms with Crippen LogP contribution in [0.3, 0.4) is 0 Å². The number of imidazole rings is 1. The summed E-state index contributed by atoms with van der Waals surface area (Å²) in [6.45, 7) is -1.08. The van der Waals surface area contributed by atoms with Crippen LogP contribution in [0.2, 0.25) is 0 Å². The van der Waals surface area contributed by atoms with Crippen LogP contribution in [-0.4, -0.2) is 68.9 Å². The predicted octanol–water partition coefficient (Wildman–Crippen LogP) is 1.40. The predicted molar refractivity (Wildman–Crippen MR) is 131 cm³/mol. The Hall–Kier alpha value is -3.22. The highest BCUT2D eigenvalue weighted by atomic mass is 31.3. The molecule has 0 saturated carbocycles. The zero-order chi connectivity index (χ0) is 30.0. The maximum Gasteiger partial charge on any atom is 0.490 e. The van der Waals surface area contributed by atoms with E-state index in [1.54, 1.807) is 0 Å². The van der Waals surface area contributed by atoms with Crippen molar-refractivity contribution in [3.63, 3.8) is 0 Å². The first-order chi connectivity index (χ1) is 19.2. The number of phosphoric ester groups is 1. The SMILES string of the molecule is [N-]=[N+]=NCc1cc[nH]c1C(=O)OC1C[C@H](n2cnc3c(N)ncnc32)O[C@@H]1COP(=O)(O)OP(=O)(O)OP(=O)(O)O. The number of nitrogen functional groups attached to an aromatic ring is 1. The van der Waals surface area contributed by atoms with E-state index in [0.717, 1.165) is 0 Å². The van der Waals surface area contributed by atoms with Crippen LogP contribution in [-0.2, 0) is 42.9 Å². The van der Waals surface area contributed by atoms with E-state index in [0.29, 0.717) is 5.56 Å². The van der Waals surface area contributed by atoms with E-state index in [2.05, 4.69) is 43.1 Å². The van der Waals surface area contributed by atoms with Crippen molar-refractivity contribution in [2.24, 2.45) is 5.11 Å². The lowest BCUT2D eigenvalue weighted by Crippen LogP contribution is -2.31. The topological polar surface area (TPSA) is 330 Å². The van der Waals surface area contributed by atoms with Crippen molar-refractivity contribution < 1.29 is 60.7 Å². The highest BCUT2D eigenvalue weighted by molar-refractivity contribution is 7.66. The smallest absolute Gasteiger partial charge is 0.455 e. The minimum absolute atomic E-state index is 0.0546. The molecule has 0 aromatic carbocycles. The number of ether oxygens (including phenoxy) is 2. The first-order valence-electron chi connectivity index (χ1n) is 10.9. The van der Waals surface area contributed by atoms with Gasteiger partial charge in [0.05, 0.1) is 19.5 Å². The highest BCUT2D eigenvalue weighted by Gasteiger charge is 2.44. The van der Waals surface area contributed by atoms with E-state index in [1.807, 2.05) is 0 Å². The zero-order valence-electron chi connectivity index (χ0n) is 20.2. The molecule has 1 saturated heterocycles. The van der Waals surface area contributed by atoms with Gasteiger partial charge in [-0.15, -0.1) is 0 Å². The van der Waals surface area contributed by atoms with Crippen LogP contribution in [0.4, 0.5) is 5.82 Å². The number of azide groups is 1. The van der Waals surface area contributed by atoms with Gasteiger partial charge in [0.2, 0.25) is 0 Å². The minimum Gasteiger partial charge on any atom is -0.455 e. The summed E-state index contributed by atoms with van der Waals surface area (Å²) in [7, 11) is -16.9. The Morgan fingerprint density at radius 2 is 1.98 bits per heavy atom. The first-order valence-corrected chi connectivity index (χ1v) is 15.4. The molecule has 222 valence electrons. The van der Waals surface area contributed by atoms with Crippen LogP contribution in [0, 0.1) is 0 Å². The monoisotopic (exact) mass is 639 g/mol. The van der Waals surface area contributed by atoms with Gasteiger partial charge < -0.3 is 39.8 Å². The van der Waals surface area contributed by atoms with Crippen molar-refractivity contribution in [3.05, 3.63) is 46.6 Å². The molecule has 1 aliphatic heterocycles. The van der Waals surface area contributed by atoms with Crippen molar-refractivity contribution in [2.45, 2.75) is 31.4 Å². The molecule has 3 unspecified atom stereocenters. The molecule has 4 heterocycles. The van der Waals surface area contributed by atoms with Gasteiger partial charge in [0.1, 0.15) is 36.0 Å². The van der Waals surface area contributed by atoms with Crippen LogP contribution in [0.5, 0.6) is 0 Å². The maximum absolute atomic E-state index is 12.9. The molecule has 5 atom stereocenters. The average Bonchev–Trinajstić information content (AvgIpc) is 3.58. The van der Waals surface area contributed by atoms with E-state index >= 15 is 0 Å². The third kappa shape index (κ3) is 7.75. The van der Waals surface area contributed by atoms with E-state index in [9.17, 15) is 28.3 Å². The Morgan fingerprint density at radius 3 is 2.68 bits per heavy atom. The second-order valence-electron chi connectivity index (χ2n) is 8.05. The maximum atomic E-state index is 12.9. The molecule has 41 heavy (non-hydrogen) atoms. The van der Waals surface area contributed by atoms with Gasteiger partial charge in [0.25, 0.3) is 0 Å². The lowest BCUT2D eigenvalue weighted by Gasteiger charge is -2.21. The molecule has 0 bridgehead atoms. The molecule has 25 heteroatoms. The normalized spacial score (nSPS) is 22.1. The number of hydrogen-bond acceptors (Lipinski definition) is 14. The van der Waals surface area contributed by atoms with Gasteiger partial charge in [0, 0.05) is 17.5 Å². The Kier molecular flexibility index (Phi) is 8.95. The van der Waals surface area contributed by atoms with Gasteiger partial charge in [-0.05, 0) is 17.2 Å². The summed E-state index contributed by atoms with van der Waals surface area (Å²) in [5.74, 6) is -0.851. The fourth-order valence-corrected chi connectivity index (χ4v) is 6.75. The number of hydrogen-bond donors (Lipinski definition) is 6. The molecule has 22 nitrogen and oxygen atoms in total. The number of rotatable bonds is 12. The number of carbonyl (C=O) groups excluding carboxylic acids is 1. The molecule has 0 amide bonds. The quantitative estimate of drug-likeness (QED) is 0.0536. The van der Waals surface area contributed by atoms with Crippen LogP contribution in [0.25, 0.3) is 21.6 Å². The summed E-state index contributed by atoms with van der Waals surface area (Å²) >= 11 is 0. The van der Waals surface area contributed by atoms with Gasteiger partial charge >= 0.3 is 29.4 Å². The van der Waals surface area contributed by atoms with Crippen molar-refractivity contribution in [2.75, 3.05) is 12.3 Å². The van der Waals surface area contributed by atoms with Crippen molar-refractivity contribution >= 4 is 46.4 Å². The molecule has 4 rings (SSSR count). The largest absolute Gasteiger partial charge is 0.490 e. The van der Waals surface area contributed by atoms with Crippen LogP contribution in [0.15, 0.2) is 30.0 Å². The molecule has 0 spiro atoms. The number of H-pyrrole nitrogens is 1. The number of fused-ring (bicyclic) bond motifs is 1. The van der Waals surface area contributed by atoms with Crippen LogP contribution >= 0.6 is 23.5 Å². The molecule has 3 aromatic heterocycles. The summed E-state index contributed by atoms with van der Waals surface area (Å²) in [5, 5.41) is 3.39. The number of aromatic nitrogens is 5. The summed E-state index contributed by atoms with van der Waals surface area (Å²) in [6.07, 6.45) is 0.290. The number of carbonyl (C=O) groups is 1. The zero-order valence-corrected chi connectivity index (χ0v) is 22.9. The number of nitrogens with one attached hydrogen (secondary N) is 1. The molecule has 7 N–H and O–H groups in total. The second-order valence-corrected chi connectivity index (χ2v) is 12.5. The van der Waals surface area contributed by atoms with Gasteiger partial charge in [-0.3, -0.25) is 9.09 Å². The summed E-state index contributed by atoms with van der Waals surface area (Å²) in [6, 6.07) is 1.48. The van der Waals surface area contributed by atoms with E-state index in [-0.39, 0.29) is 35.6 Å². The Balaban J connectivity index is 1.55. The van der Waals surface area contributed by atoms with E-state index in [1.165, 1.54) is 29.5 Å². The van der Waals surface area contributed by atoms with Crippen LogP contribution < -0.4 is 5.73 Å². The Labute approximate surface area is 227 Å². The highest BCUT2D eigenvalue weighted by Crippen LogP contribution is 2.66. The Bertz CT molecular complexity index is 1630. The lowest BCUT2D eigenvalue weighted by atomic mass is 10.2.